The molecule has 1 aromatic heterocycles. The van der Waals surface area contributed by atoms with Gasteiger partial charge < -0.3 is 20.3 Å². The van der Waals surface area contributed by atoms with Crippen molar-refractivity contribution in [3.8, 4) is 11.5 Å². The molecule has 0 fully saturated rings. The zero-order chi connectivity index (χ0) is 14.1. The van der Waals surface area contributed by atoms with E-state index in [1.54, 1.807) is 13.3 Å². The van der Waals surface area contributed by atoms with E-state index in [0.717, 1.165) is 22.4 Å². The van der Waals surface area contributed by atoms with Crippen molar-refractivity contribution in [3.63, 3.8) is 0 Å². The lowest BCUT2D eigenvalue weighted by molar-refractivity contribution is 0.0932. The van der Waals surface area contributed by atoms with Gasteiger partial charge in [-0.2, -0.15) is 0 Å². The lowest BCUT2D eigenvalue weighted by Gasteiger charge is -2.12. The van der Waals surface area contributed by atoms with Crippen LogP contribution in [0.1, 0.15) is 28.5 Å². The molecule has 2 aromatic rings. The fourth-order valence-corrected chi connectivity index (χ4v) is 2.44. The van der Waals surface area contributed by atoms with Crippen molar-refractivity contribution in [2.24, 2.45) is 5.73 Å². The highest BCUT2D eigenvalue weighted by atomic mass is 16.5. The molecular formula is C15H16N2O3. The molecule has 0 aliphatic carbocycles. The Hall–Kier alpha value is -2.11. The molecule has 1 atom stereocenters. The van der Waals surface area contributed by atoms with Crippen LogP contribution >= 0.6 is 0 Å². The van der Waals surface area contributed by atoms with E-state index in [2.05, 4.69) is 4.98 Å². The Morgan fingerprint density at radius 1 is 1.40 bits per heavy atom. The standard InChI is InChI=1S/C15H16N2O3/c1-19-10-4-2-9(3-5-10)15-11-7-17-13(6-16)14(18)12(11)8-20-15/h2-5,7,15,18H,6,8,16H2,1H3. The first-order valence-electron chi connectivity index (χ1n) is 6.39. The van der Waals surface area contributed by atoms with Crippen LogP contribution < -0.4 is 10.5 Å². The van der Waals surface area contributed by atoms with Crippen molar-refractivity contribution in [3.05, 3.63) is 52.8 Å². The average Bonchev–Trinajstić information content (AvgIpc) is 2.92. The van der Waals surface area contributed by atoms with Crippen LogP contribution in [0, 0.1) is 0 Å². The molecule has 1 unspecified atom stereocenters. The van der Waals surface area contributed by atoms with Gasteiger partial charge in [0.05, 0.1) is 19.4 Å². The number of nitrogens with zero attached hydrogens (tertiary/aromatic N) is 1. The molecule has 3 rings (SSSR count). The highest BCUT2D eigenvalue weighted by Crippen LogP contribution is 2.40. The molecular weight excluding hydrogens is 256 g/mol. The fraction of sp³-hybridized carbons (Fsp3) is 0.267. The Bertz CT molecular complexity index is 626. The lowest BCUT2D eigenvalue weighted by atomic mass is 10.00. The minimum atomic E-state index is -0.207. The first kappa shape index (κ1) is 12.9. The van der Waals surface area contributed by atoms with E-state index in [1.165, 1.54) is 0 Å². The average molecular weight is 272 g/mol. The van der Waals surface area contributed by atoms with Crippen LogP contribution in [0.5, 0.6) is 11.5 Å². The number of hydrogen-bond acceptors (Lipinski definition) is 5. The van der Waals surface area contributed by atoms with Gasteiger partial charge in [0.2, 0.25) is 0 Å². The summed E-state index contributed by atoms with van der Waals surface area (Å²) in [6, 6.07) is 7.68. The minimum absolute atomic E-state index is 0.154. The molecule has 3 N–H and O–H groups in total. The molecule has 0 saturated heterocycles. The maximum absolute atomic E-state index is 10.1. The van der Waals surface area contributed by atoms with E-state index >= 15 is 0 Å². The van der Waals surface area contributed by atoms with Gasteiger partial charge in [0.25, 0.3) is 0 Å². The molecule has 5 heteroatoms. The first-order valence-corrected chi connectivity index (χ1v) is 6.39. The molecule has 0 spiro atoms. The third-order valence-electron chi connectivity index (χ3n) is 3.56. The summed E-state index contributed by atoms with van der Waals surface area (Å²) in [5.41, 5.74) is 8.73. The Morgan fingerprint density at radius 3 is 2.80 bits per heavy atom. The molecule has 0 radical (unpaired) electrons. The monoisotopic (exact) mass is 272 g/mol. The number of methoxy groups -OCH3 is 1. The smallest absolute Gasteiger partial charge is 0.144 e. The normalized spacial score (nSPS) is 17.0. The van der Waals surface area contributed by atoms with E-state index in [9.17, 15) is 5.11 Å². The number of nitrogens with two attached hydrogens (primary N) is 1. The van der Waals surface area contributed by atoms with Gasteiger partial charge in [-0.25, -0.2) is 0 Å². The van der Waals surface area contributed by atoms with Crippen LogP contribution in [-0.2, 0) is 17.9 Å². The van der Waals surface area contributed by atoms with E-state index in [0.29, 0.717) is 12.3 Å². The quantitative estimate of drug-likeness (QED) is 0.892. The SMILES string of the molecule is COc1ccc(C2OCc3c2cnc(CN)c3O)cc1. The van der Waals surface area contributed by atoms with Gasteiger partial charge in [-0.1, -0.05) is 12.1 Å². The number of benzene rings is 1. The van der Waals surface area contributed by atoms with Crippen LogP contribution in [-0.4, -0.2) is 17.2 Å². The number of aromatic hydroxyl groups is 1. The van der Waals surface area contributed by atoms with Crippen LogP contribution in [0.4, 0.5) is 0 Å². The summed E-state index contributed by atoms with van der Waals surface area (Å²) >= 11 is 0. The van der Waals surface area contributed by atoms with Crippen LogP contribution in [0.15, 0.2) is 30.5 Å². The van der Waals surface area contributed by atoms with Gasteiger partial charge in [-0.15, -0.1) is 0 Å². The molecule has 2 heterocycles. The molecule has 1 aliphatic rings. The second-order valence-corrected chi connectivity index (χ2v) is 4.66. The van der Waals surface area contributed by atoms with Crippen LogP contribution in [0.2, 0.25) is 0 Å². The molecule has 0 saturated carbocycles. The molecule has 0 amide bonds. The minimum Gasteiger partial charge on any atom is -0.506 e. The molecule has 1 aromatic carbocycles. The Balaban J connectivity index is 1.98. The predicted octanol–water partition coefficient (Wildman–Crippen LogP) is 1.87. The van der Waals surface area contributed by atoms with Gasteiger partial charge >= 0.3 is 0 Å². The Morgan fingerprint density at radius 2 is 2.15 bits per heavy atom. The lowest BCUT2D eigenvalue weighted by Crippen LogP contribution is -2.03. The fourth-order valence-electron chi connectivity index (χ4n) is 2.44. The van der Waals surface area contributed by atoms with E-state index in [1.807, 2.05) is 24.3 Å². The summed E-state index contributed by atoms with van der Waals surface area (Å²) in [5, 5.41) is 10.1. The largest absolute Gasteiger partial charge is 0.506 e. The summed E-state index contributed by atoms with van der Waals surface area (Å²) in [7, 11) is 1.63. The topological polar surface area (TPSA) is 77.6 Å². The molecule has 104 valence electrons. The summed E-state index contributed by atoms with van der Waals surface area (Å²) in [6.45, 7) is 0.583. The maximum Gasteiger partial charge on any atom is 0.144 e. The van der Waals surface area contributed by atoms with Crippen molar-refractivity contribution in [1.82, 2.24) is 4.98 Å². The zero-order valence-electron chi connectivity index (χ0n) is 11.2. The van der Waals surface area contributed by atoms with Crippen molar-refractivity contribution in [2.75, 3.05) is 7.11 Å². The summed E-state index contributed by atoms with van der Waals surface area (Å²) in [6.07, 6.45) is 1.53. The first-order chi connectivity index (χ1) is 9.74. The van der Waals surface area contributed by atoms with Crippen molar-refractivity contribution >= 4 is 0 Å². The second-order valence-electron chi connectivity index (χ2n) is 4.66. The number of fused-ring (bicyclic) bond motifs is 1. The van der Waals surface area contributed by atoms with Gasteiger partial charge in [-0.3, -0.25) is 4.98 Å². The van der Waals surface area contributed by atoms with Gasteiger partial charge in [0.15, 0.2) is 0 Å². The van der Waals surface area contributed by atoms with Gasteiger partial charge in [-0.05, 0) is 17.7 Å². The second kappa shape index (κ2) is 5.11. The number of aromatic nitrogens is 1. The summed E-state index contributed by atoms with van der Waals surface area (Å²) in [4.78, 5) is 4.20. The van der Waals surface area contributed by atoms with Crippen molar-refractivity contribution < 1.29 is 14.6 Å². The number of rotatable bonds is 3. The van der Waals surface area contributed by atoms with E-state index in [-0.39, 0.29) is 18.4 Å². The maximum atomic E-state index is 10.1. The van der Waals surface area contributed by atoms with Crippen LogP contribution in [0.3, 0.4) is 0 Å². The third kappa shape index (κ3) is 2.01. The highest BCUT2D eigenvalue weighted by molar-refractivity contribution is 5.47. The molecule has 20 heavy (non-hydrogen) atoms. The molecule has 5 nitrogen and oxygen atoms in total. The summed E-state index contributed by atoms with van der Waals surface area (Å²) in [5.74, 6) is 0.951. The predicted molar refractivity (Wildman–Crippen MR) is 73.4 cm³/mol. The highest BCUT2D eigenvalue weighted by Gasteiger charge is 2.28. The molecule has 0 bridgehead atoms. The van der Waals surface area contributed by atoms with Crippen LogP contribution in [0.25, 0.3) is 0 Å². The third-order valence-corrected chi connectivity index (χ3v) is 3.56. The van der Waals surface area contributed by atoms with Crippen molar-refractivity contribution in [2.45, 2.75) is 19.3 Å². The van der Waals surface area contributed by atoms with E-state index in [4.69, 9.17) is 15.2 Å². The number of pyridine rings is 1. The number of hydrogen-bond donors (Lipinski definition) is 2. The zero-order valence-corrected chi connectivity index (χ0v) is 11.2. The Kier molecular flexibility index (Phi) is 3.30. The number of ether oxygens (including phenoxy) is 2. The van der Waals surface area contributed by atoms with E-state index < -0.39 is 0 Å². The van der Waals surface area contributed by atoms with Gasteiger partial charge in [0, 0.05) is 23.9 Å². The molecule has 1 aliphatic heterocycles. The Labute approximate surface area is 117 Å². The van der Waals surface area contributed by atoms with Crippen molar-refractivity contribution in [1.29, 1.82) is 0 Å². The van der Waals surface area contributed by atoms with Gasteiger partial charge in [0.1, 0.15) is 17.6 Å². The summed E-state index contributed by atoms with van der Waals surface area (Å²) < 4.78 is 10.9.